The molecule has 0 spiro atoms. The third kappa shape index (κ3) is 3.48. The van der Waals surface area contributed by atoms with Crippen molar-refractivity contribution < 1.29 is 9.53 Å². The summed E-state index contributed by atoms with van der Waals surface area (Å²) in [6.45, 7) is 4.05. The Labute approximate surface area is 179 Å². The minimum atomic E-state index is -0.632. The van der Waals surface area contributed by atoms with Crippen molar-refractivity contribution in [3.63, 3.8) is 0 Å². The average molecular weight is 411 g/mol. The van der Waals surface area contributed by atoms with Crippen LogP contribution in [0.1, 0.15) is 29.7 Å². The predicted octanol–water partition coefficient (Wildman–Crippen LogP) is 4.19. The monoisotopic (exact) mass is 411 g/mol. The van der Waals surface area contributed by atoms with Crippen LogP contribution in [-0.4, -0.2) is 31.9 Å². The zero-order chi connectivity index (χ0) is 21.4. The summed E-state index contributed by atoms with van der Waals surface area (Å²) in [7, 11) is 0. The molecule has 0 amide bonds. The number of ether oxygens (including phenoxy) is 1. The van der Waals surface area contributed by atoms with E-state index < -0.39 is 12.0 Å². The number of benzene rings is 3. The molecule has 1 aromatic heterocycles. The maximum atomic E-state index is 13.3. The molecule has 0 saturated carbocycles. The topological polar surface area (TPSA) is 82.3 Å². The van der Waals surface area contributed by atoms with E-state index >= 15 is 0 Å². The van der Waals surface area contributed by atoms with E-state index in [9.17, 15) is 4.79 Å². The Hall–Kier alpha value is -3.87. The van der Waals surface area contributed by atoms with Crippen molar-refractivity contribution in [3.05, 3.63) is 83.4 Å². The van der Waals surface area contributed by atoms with Crippen molar-refractivity contribution in [2.75, 3.05) is 0 Å². The van der Waals surface area contributed by atoms with Gasteiger partial charge in [0.1, 0.15) is 18.6 Å². The van der Waals surface area contributed by atoms with Gasteiger partial charge in [0.25, 0.3) is 5.95 Å². The number of aliphatic imine (C=N–C) groups is 1. The molecule has 2 atom stereocenters. The highest BCUT2D eigenvalue weighted by Crippen LogP contribution is 2.38. The lowest BCUT2D eigenvalue weighted by atomic mass is 9.86. The highest BCUT2D eigenvalue weighted by molar-refractivity contribution is 6.04. The number of hydrogen-bond donors (Lipinski definition) is 0. The minimum Gasteiger partial charge on any atom is -0.460 e. The summed E-state index contributed by atoms with van der Waals surface area (Å²) in [6, 6.07) is 21.6. The standard InChI is InChI=1S/C24H21N5O2/c1-15-10-12-17(13-11-15)14-31-23(30)21-16(2)25-24-26-27-28-29(24)22(21)20-9-5-7-18-6-3-4-8-19(18)20/h3-13,21-22H,14H2,1-2H3. The second-order valence-electron chi connectivity index (χ2n) is 7.76. The van der Waals surface area contributed by atoms with Gasteiger partial charge in [-0.2, -0.15) is 0 Å². The first-order valence-electron chi connectivity index (χ1n) is 10.1. The van der Waals surface area contributed by atoms with Gasteiger partial charge in [0, 0.05) is 5.71 Å². The Kier molecular flexibility index (Phi) is 4.78. The third-order valence-corrected chi connectivity index (χ3v) is 5.68. The smallest absolute Gasteiger partial charge is 0.317 e. The SMILES string of the molecule is CC1=Nc2nnnn2C(c2cccc3ccccc23)C1C(=O)OCc1ccc(C)cc1. The van der Waals surface area contributed by atoms with Crippen LogP contribution in [0.25, 0.3) is 10.8 Å². The molecule has 7 nitrogen and oxygen atoms in total. The Morgan fingerprint density at radius 1 is 1.00 bits per heavy atom. The summed E-state index contributed by atoms with van der Waals surface area (Å²) in [5, 5.41) is 14.1. The number of tetrazole rings is 1. The van der Waals surface area contributed by atoms with E-state index in [0.717, 1.165) is 27.5 Å². The van der Waals surface area contributed by atoms with E-state index in [1.54, 1.807) is 4.68 Å². The second kappa shape index (κ2) is 7.75. The number of aryl methyl sites for hydroxylation is 1. The largest absolute Gasteiger partial charge is 0.460 e. The first kappa shape index (κ1) is 19.1. The Morgan fingerprint density at radius 2 is 1.77 bits per heavy atom. The van der Waals surface area contributed by atoms with Crippen molar-refractivity contribution in [1.29, 1.82) is 0 Å². The zero-order valence-corrected chi connectivity index (χ0v) is 17.3. The average Bonchev–Trinajstić information content (AvgIpc) is 3.25. The van der Waals surface area contributed by atoms with Gasteiger partial charge in [0.05, 0.1) is 0 Å². The lowest BCUT2D eigenvalue weighted by Crippen LogP contribution is -2.37. The molecular weight excluding hydrogens is 390 g/mol. The normalized spacial score (nSPS) is 17.8. The lowest BCUT2D eigenvalue weighted by molar-refractivity contribution is -0.148. The van der Waals surface area contributed by atoms with E-state index in [4.69, 9.17) is 4.74 Å². The molecule has 0 N–H and O–H groups in total. The van der Waals surface area contributed by atoms with E-state index in [2.05, 4.69) is 20.5 Å². The summed E-state index contributed by atoms with van der Waals surface area (Å²) < 4.78 is 7.35. The summed E-state index contributed by atoms with van der Waals surface area (Å²) in [5.74, 6) is -0.591. The van der Waals surface area contributed by atoms with Crippen LogP contribution in [0, 0.1) is 12.8 Å². The van der Waals surface area contributed by atoms with Gasteiger partial charge in [-0.05, 0) is 46.2 Å². The van der Waals surface area contributed by atoms with Gasteiger partial charge >= 0.3 is 5.97 Å². The molecule has 0 saturated heterocycles. The molecule has 2 unspecified atom stereocenters. The van der Waals surface area contributed by atoms with E-state index in [0.29, 0.717) is 11.7 Å². The molecule has 2 heterocycles. The molecule has 7 heteroatoms. The van der Waals surface area contributed by atoms with Crippen LogP contribution >= 0.6 is 0 Å². The molecule has 3 aromatic carbocycles. The Bertz CT molecular complexity index is 1290. The van der Waals surface area contributed by atoms with Crippen LogP contribution < -0.4 is 0 Å². The van der Waals surface area contributed by atoms with Crippen molar-refractivity contribution >= 4 is 28.4 Å². The van der Waals surface area contributed by atoms with Crippen LogP contribution in [0.4, 0.5) is 5.95 Å². The van der Waals surface area contributed by atoms with E-state index in [1.807, 2.05) is 80.6 Å². The Morgan fingerprint density at radius 3 is 2.61 bits per heavy atom. The van der Waals surface area contributed by atoms with Crippen LogP contribution in [0.15, 0.2) is 71.7 Å². The van der Waals surface area contributed by atoms with Crippen LogP contribution in [0.2, 0.25) is 0 Å². The quantitative estimate of drug-likeness (QED) is 0.470. The van der Waals surface area contributed by atoms with Gasteiger partial charge in [-0.3, -0.25) is 4.79 Å². The molecule has 4 aromatic rings. The Balaban J connectivity index is 1.54. The molecule has 0 aliphatic carbocycles. The van der Waals surface area contributed by atoms with Crippen LogP contribution in [0.3, 0.4) is 0 Å². The van der Waals surface area contributed by atoms with Crippen molar-refractivity contribution in [2.24, 2.45) is 10.9 Å². The van der Waals surface area contributed by atoms with Crippen LogP contribution in [-0.2, 0) is 16.1 Å². The van der Waals surface area contributed by atoms with Crippen molar-refractivity contribution in [3.8, 4) is 0 Å². The van der Waals surface area contributed by atoms with Crippen molar-refractivity contribution in [1.82, 2.24) is 20.2 Å². The molecule has 1 aliphatic rings. The van der Waals surface area contributed by atoms with Gasteiger partial charge in [0.15, 0.2) is 0 Å². The number of rotatable bonds is 4. The van der Waals surface area contributed by atoms with E-state index in [1.165, 1.54) is 0 Å². The highest BCUT2D eigenvalue weighted by Gasteiger charge is 2.40. The number of carbonyl (C=O) groups excluding carboxylic acids is 1. The summed E-state index contributed by atoms with van der Waals surface area (Å²) in [6.07, 6.45) is 0. The summed E-state index contributed by atoms with van der Waals surface area (Å²) in [5.41, 5.74) is 3.69. The number of hydrogen-bond acceptors (Lipinski definition) is 6. The van der Waals surface area contributed by atoms with Gasteiger partial charge in [-0.15, -0.1) is 0 Å². The molecular formula is C24H21N5O2. The fourth-order valence-electron chi connectivity index (χ4n) is 4.09. The summed E-state index contributed by atoms with van der Waals surface area (Å²) >= 11 is 0. The van der Waals surface area contributed by atoms with Gasteiger partial charge < -0.3 is 4.74 Å². The molecule has 154 valence electrons. The molecule has 5 rings (SSSR count). The van der Waals surface area contributed by atoms with E-state index in [-0.39, 0.29) is 12.6 Å². The molecule has 31 heavy (non-hydrogen) atoms. The van der Waals surface area contributed by atoms with Gasteiger partial charge in [-0.25, -0.2) is 9.67 Å². The number of nitrogens with zero attached hydrogens (tertiary/aromatic N) is 5. The second-order valence-corrected chi connectivity index (χ2v) is 7.76. The fourth-order valence-corrected chi connectivity index (χ4v) is 4.09. The van der Waals surface area contributed by atoms with Crippen molar-refractivity contribution in [2.45, 2.75) is 26.5 Å². The molecule has 0 bridgehead atoms. The minimum absolute atomic E-state index is 0.202. The number of esters is 1. The third-order valence-electron chi connectivity index (χ3n) is 5.68. The van der Waals surface area contributed by atoms with Gasteiger partial charge in [-0.1, -0.05) is 77.4 Å². The van der Waals surface area contributed by atoms with Gasteiger partial charge in [0.2, 0.25) is 0 Å². The predicted molar refractivity (Wildman–Crippen MR) is 117 cm³/mol. The van der Waals surface area contributed by atoms with Crippen LogP contribution in [0.5, 0.6) is 0 Å². The lowest BCUT2D eigenvalue weighted by Gasteiger charge is -2.30. The first-order valence-corrected chi connectivity index (χ1v) is 10.1. The summed E-state index contributed by atoms with van der Waals surface area (Å²) in [4.78, 5) is 17.8. The number of fused-ring (bicyclic) bond motifs is 2. The maximum Gasteiger partial charge on any atom is 0.317 e. The molecule has 1 aliphatic heterocycles. The number of carbonyl (C=O) groups is 1. The molecule has 0 radical (unpaired) electrons. The molecule has 0 fully saturated rings. The zero-order valence-electron chi connectivity index (χ0n) is 17.3. The fraction of sp³-hybridized carbons (Fsp3) is 0.208. The highest BCUT2D eigenvalue weighted by atomic mass is 16.5. The maximum absolute atomic E-state index is 13.3. The first-order chi connectivity index (χ1) is 15.1. The number of aromatic nitrogens is 4.